The Bertz CT molecular complexity index is 491. The van der Waals surface area contributed by atoms with E-state index in [0.717, 1.165) is 31.4 Å². The van der Waals surface area contributed by atoms with Crippen LogP contribution in [0.1, 0.15) is 38.7 Å². The highest BCUT2D eigenvalue weighted by Gasteiger charge is 2.27. The largest absolute Gasteiger partial charge is 0.340 e. The molecule has 3 nitrogen and oxygen atoms in total. The van der Waals surface area contributed by atoms with Crippen LogP contribution in [0.25, 0.3) is 0 Å². The minimum Gasteiger partial charge on any atom is -0.340 e. The van der Waals surface area contributed by atoms with Gasteiger partial charge in [-0.05, 0) is 49.8 Å². The van der Waals surface area contributed by atoms with Gasteiger partial charge >= 0.3 is 0 Å². The first kappa shape index (κ1) is 16.0. The number of nitrogens with two attached hydrogens (primary N) is 1. The Labute approximate surface area is 126 Å². The van der Waals surface area contributed by atoms with Crippen molar-refractivity contribution in [3.05, 3.63) is 35.6 Å². The minimum absolute atomic E-state index is 0.193. The lowest BCUT2D eigenvalue weighted by Gasteiger charge is -2.37. The van der Waals surface area contributed by atoms with Gasteiger partial charge in [-0.2, -0.15) is 0 Å². The van der Waals surface area contributed by atoms with E-state index in [1.165, 1.54) is 6.07 Å². The maximum absolute atomic E-state index is 13.2. The van der Waals surface area contributed by atoms with Crippen LogP contribution in [0.4, 0.5) is 4.39 Å². The van der Waals surface area contributed by atoms with Crippen molar-refractivity contribution in [3.63, 3.8) is 0 Å². The van der Waals surface area contributed by atoms with Gasteiger partial charge in [0.05, 0.1) is 0 Å². The molecule has 0 bridgehead atoms. The monoisotopic (exact) mass is 292 g/mol. The molecule has 0 saturated carbocycles. The number of hydrogen-bond acceptors (Lipinski definition) is 2. The molecule has 1 amide bonds. The summed E-state index contributed by atoms with van der Waals surface area (Å²) in [5.74, 6) is 0.185. The van der Waals surface area contributed by atoms with Gasteiger partial charge in [0, 0.05) is 25.0 Å². The van der Waals surface area contributed by atoms with Crippen molar-refractivity contribution in [2.75, 3.05) is 6.54 Å². The maximum atomic E-state index is 13.2. The molecule has 116 valence electrons. The molecule has 1 aliphatic heterocycles. The zero-order chi connectivity index (χ0) is 15.4. The van der Waals surface area contributed by atoms with E-state index in [1.54, 1.807) is 12.1 Å². The van der Waals surface area contributed by atoms with E-state index in [0.29, 0.717) is 6.42 Å². The molecule has 1 aromatic carbocycles. The molecule has 2 N–H and O–H groups in total. The molecule has 21 heavy (non-hydrogen) atoms. The van der Waals surface area contributed by atoms with Gasteiger partial charge in [0.25, 0.3) is 0 Å². The molecule has 1 saturated heterocycles. The van der Waals surface area contributed by atoms with Crippen LogP contribution >= 0.6 is 0 Å². The Kier molecular flexibility index (Phi) is 5.34. The van der Waals surface area contributed by atoms with E-state index < -0.39 is 0 Å². The third-order valence-corrected chi connectivity index (χ3v) is 4.23. The molecular formula is C17H25FN2O. The molecule has 0 aliphatic carbocycles. The Morgan fingerprint density at radius 1 is 1.52 bits per heavy atom. The van der Waals surface area contributed by atoms with Gasteiger partial charge in [0.2, 0.25) is 5.91 Å². The Morgan fingerprint density at radius 2 is 2.29 bits per heavy atom. The molecule has 4 heteroatoms. The Morgan fingerprint density at radius 3 is 2.95 bits per heavy atom. The van der Waals surface area contributed by atoms with Gasteiger partial charge in [-0.15, -0.1) is 0 Å². The van der Waals surface area contributed by atoms with Crippen LogP contribution in [0.15, 0.2) is 24.3 Å². The number of hydrogen-bond donors (Lipinski definition) is 1. The highest BCUT2D eigenvalue weighted by molar-refractivity contribution is 5.76. The fourth-order valence-electron chi connectivity index (χ4n) is 3.13. The number of likely N-dealkylation sites (tertiary alicyclic amines) is 1. The van der Waals surface area contributed by atoms with Crippen LogP contribution in [-0.2, 0) is 11.2 Å². The zero-order valence-corrected chi connectivity index (χ0v) is 12.9. The van der Waals surface area contributed by atoms with Crippen molar-refractivity contribution in [2.45, 2.75) is 51.6 Å². The third-order valence-electron chi connectivity index (χ3n) is 4.23. The first-order valence-electron chi connectivity index (χ1n) is 7.75. The van der Waals surface area contributed by atoms with E-state index in [-0.39, 0.29) is 29.7 Å². The van der Waals surface area contributed by atoms with E-state index >= 15 is 0 Å². The standard InChI is InChI=1S/C17H25FN2O/c1-12(8-14-4-3-5-15(18)11-14)9-17(21)20-7-6-16(19)10-13(20)2/h3-5,11-13,16H,6-10,19H2,1-2H3/t12-,13+,16-/m0/s1. The molecule has 0 aromatic heterocycles. The molecular weight excluding hydrogens is 267 g/mol. The molecule has 1 aromatic rings. The fraction of sp³-hybridized carbons (Fsp3) is 0.588. The van der Waals surface area contributed by atoms with Gasteiger partial charge in [0.15, 0.2) is 0 Å². The lowest BCUT2D eigenvalue weighted by Crippen LogP contribution is -2.48. The molecule has 0 unspecified atom stereocenters. The van der Waals surface area contributed by atoms with E-state index in [1.807, 2.05) is 17.9 Å². The van der Waals surface area contributed by atoms with Crippen LogP contribution in [0.5, 0.6) is 0 Å². The number of nitrogens with zero attached hydrogens (tertiary/aromatic N) is 1. The zero-order valence-electron chi connectivity index (χ0n) is 12.9. The summed E-state index contributed by atoms with van der Waals surface area (Å²) in [4.78, 5) is 14.3. The predicted molar refractivity (Wildman–Crippen MR) is 82.3 cm³/mol. The van der Waals surface area contributed by atoms with Gasteiger partial charge in [-0.1, -0.05) is 19.1 Å². The van der Waals surface area contributed by atoms with Crippen molar-refractivity contribution in [3.8, 4) is 0 Å². The molecule has 2 rings (SSSR count). The van der Waals surface area contributed by atoms with Crippen molar-refractivity contribution in [1.29, 1.82) is 0 Å². The Balaban J connectivity index is 1.87. The second-order valence-corrected chi connectivity index (χ2v) is 6.36. The number of carbonyl (C=O) groups excluding carboxylic acids is 1. The van der Waals surface area contributed by atoms with Crippen molar-refractivity contribution in [1.82, 2.24) is 4.90 Å². The molecule has 0 spiro atoms. The van der Waals surface area contributed by atoms with Crippen LogP contribution in [0, 0.1) is 11.7 Å². The van der Waals surface area contributed by atoms with Crippen molar-refractivity contribution < 1.29 is 9.18 Å². The molecule has 1 heterocycles. The van der Waals surface area contributed by atoms with Gasteiger partial charge in [-0.3, -0.25) is 4.79 Å². The fourth-order valence-corrected chi connectivity index (χ4v) is 3.13. The van der Waals surface area contributed by atoms with E-state index in [9.17, 15) is 9.18 Å². The first-order valence-corrected chi connectivity index (χ1v) is 7.75. The summed E-state index contributed by atoms with van der Waals surface area (Å²) in [6.07, 6.45) is 3.00. The summed E-state index contributed by atoms with van der Waals surface area (Å²) in [6.45, 7) is 4.87. The van der Waals surface area contributed by atoms with Crippen LogP contribution in [0.3, 0.4) is 0 Å². The second kappa shape index (κ2) is 7.03. The number of amides is 1. The smallest absolute Gasteiger partial charge is 0.223 e. The summed E-state index contributed by atoms with van der Waals surface area (Å²) in [6, 6.07) is 7.05. The SMILES string of the molecule is C[C@H](CC(=O)N1CC[C@H](N)C[C@H]1C)Cc1cccc(F)c1. The highest BCUT2D eigenvalue weighted by Crippen LogP contribution is 2.20. The molecule has 1 fully saturated rings. The number of benzene rings is 1. The third kappa shape index (κ3) is 4.53. The summed E-state index contributed by atoms with van der Waals surface area (Å²) >= 11 is 0. The van der Waals surface area contributed by atoms with E-state index in [4.69, 9.17) is 5.73 Å². The number of halogens is 1. The lowest BCUT2D eigenvalue weighted by atomic mass is 9.95. The highest BCUT2D eigenvalue weighted by atomic mass is 19.1. The first-order chi connectivity index (χ1) is 9.95. The van der Waals surface area contributed by atoms with Gasteiger partial charge < -0.3 is 10.6 Å². The van der Waals surface area contributed by atoms with Crippen LogP contribution in [0.2, 0.25) is 0 Å². The topological polar surface area (TPSA) is 46.3 Å². The van der Waals surface area contributed by atoms with E-state index in [2.05, 4.69) is 6.92 Å². The average molecular weight is 292 g/mol. The number of carbonyl (C=O) groups is 1. The normalized spacial score (nSPS) is 23.9. The quantitative estimate of drug-likeness (QED) is 0.927. The van der Waals surface area contributed by atoms with Crippen LogP contribution < -0.4 is 5.73 Å². The molecule has 3 atom stereocenters. The lowest BCUT2D eigenvalue weighted by molar-refractivity contribution is -0.135. The molecule has 0 radical (unpaired) electrons. The second-order valence-electron chi connectivity index (χ2n) is 6.36. The van der Waals surface area contributed by atoms with Gasteiger partial charge in [0.1, 0.15) is 5.82 Å². The Hall–Kier alpha value is -1.42. The summed E-state index contributed by atoms with van der Waals surface area (Å²) < 4.78 is 13.2. The van der Waals surface area contributed by atoms with Crippen molar-refractivity contribution in [2.24, 2.45) is 11.7 Å². The maximum Gasteiger partial charge on any atom is 0.223 e. The molecule has 1 aliphatic rings. The van der Waals surface area contributed by atoms with Crippen molar-refractivity contribution >= 4 is 5.91 Å². The number of piperidine rings is 1. The summed E-state index contributed by atoms with van der Waals surface area (Å²) in [5, 5.41) is 0. The minimum atomic E-state index is -0.218. The summed E-state index contributed by atoms with van der Waals surface area (Å²) in [7, 11) is 0. The number of rotatable bonds is 4. The average Bonchev–Trinajstić information content (AvgIpc) is 2.38. The predicted octanol–water partition coefficient (Wildman–Crippen LogP) is 2.73. The summed E-state index contributed by atoms with van der Waals surface area (Å²) in [5.41, 5.74) is 6.88. The van der Waals surface area contributed by atoms with Crippen LogP contribution in [-0.4, -0.2) is 29.4 Å². The van der Waals surface area contributed by atoms with Gasteiger partial charge in [-0.25, -0.2) is 4.39 Å².